The first-order valence-electron chi connectivity index (χ1n) is 14.3. The van der Waals surface area contributed by atoms with Gasteiger partial charge in [-0.2, -0.15) is 0 Å². The van der Waals surface area contributed by atoms with Gasteiger partial charge in [-0.3, -0.25) is 4.79 Å². The minimum Gasteiger partial charge on any atom is -0.497 e. The molecule has 0 aromatic heterocycles. The highest BCUT2D eigenvalue weighted by molar-refractivity contribution is 5.78. The molecule has 1 N–H and O–H groups in total. The second kappa shape index (κ2) is 13.3. The van der Waals surface area contributed by atoms with Gasteiger partial charge < -0.3 is 24.4 Å². The molecule has 0 radical (unpaired) electrons. The molecule has 4 rings (SSSR count). The molecule has 3 aromatic carbocycles. The summed E-state index contributed by atoms with van der Waals surface area (Å²) in [6.45, 7) is 3.09. The second-order valence-electron chi connectivity index (χ2n) is 9.60. The fourth-order valence-corrected chi connectivity index (χ4v) is 5.12. The molecule has 0 heterocycles. The van der Waals surface area contributed by atoms with Crippen molar-refractivity contribution in [2.45, 2.75) is 52.0 Å². The zero-order valence-corrected chi connectivity index (χ0v) is 22.9. The Bertz CT molecular complexity index is 1290. The second-order valence-corrected chi connectivity index (χ2v) is 9.60. The first-order valence-corrected chi connectivity index (χ1v) is 13.3. The minimum absolute atomic E-state index is 0.00410. The molecule has 0 saturated heterocycles. The maximum absolute atomic E-state index is 12.0. The van der Waals surface area contributed by atoms with E-state index in [4.69, 9.17) is 17.0 Å². The Hall–Kier alpha value is -3.51. The Balaban J connectivity index is 1.61. The van der Waals surface area contributed by atoms with Gasteiger partial charge in [0.1, 0.15) is 11.5 Å². The number of carbonyl (C=O) groups is 1. The van der Waals surface area contributed by atoms with Gasteiger partial charge in [0.25, 0.3) is 0 Å². The number of amides is 1. The molecule has 38 heavy (non-hydrogen) atoms. The van der Waals surface area contributed by atoms with E-state index in [1.807, 2.05) is 54.3 Å². The molecule has 6 nitrogen and oxygen atoms in total. The van der Waals surface area contributed by atoms with Crippen molar-refractivity contribution in [3.05, 3.63) is 88.5 Å². The zero-order valence-electron chi connectivity index (χ0n) is 24.9. The van der Waals surface area contributed by atoms with E-state index in [1.165, 1.54) is 11.1 Å². The number of ether oxygens (including phenoxy) is 3. The Morgan fingerprint density at radius 3 is 2.47 bits per heavy atom. The Labute approximate surface area is 229 Å². The number of nitrogens with one attached hydrogen (secondary N) is 1. The fraction of sp³-hybridized carbons (Fsp3) is 0.406. The average Bonchev–Trinajstić information content (AvgIpc) is 2.94. The van der Waals surface area contributed by atoms with E-state index in [0.29, 0.717) is 25.3 Å². The topological polar surface area (TPSA) is 60.0 Å². The van der Waals surface area contributed by atoms with E-state index in [-0.39, 0.29) is 18.6 Å². The van der Waals surface area contributed by atoms with Crippen molar-refractivity contribution in [1.82, 2.24) is 5.32 Å². The molecular formula is C32H40N2O4. The Kier molecular flexibility index (Phi) is 8.70. The molecule has 6 heteroatoms. The predicted molar refractivity (Wildman–Crippen MR) is 152 cm³/mol. The lowest BCUT2D eigenvalue weighted by atomic mass is 9.79. The standard InChI is InChI=1S/C32H40N2O4/c1-5-33-32(35)17-23-7-9-24(10-8-23)21-34(6-2)31-20-28(37-4)15-16-30(31)27-12-11-26-19-29(38-22-36-3)14-13-25(26)18-27/h7-10,13-16,19-20,27H,5-6,11-12,17-18,21-22H2,1-4H3,(H,33,35)/i6D2. The van der Waals surface area contributed by atoms with E-state index in [2.05, 4.69) is 23.5 Å². The summed E-state index contributed by atoms with van der Waals surface area (Å²) >= 11 is 0. The van der Waals surface area contributed by atoms with Crippen LogP contribution >= 0.6 is 0 Å². The number of carbonyl (C=O) groups excluding carboxylic acids is 1. The molecule has 0 saturated carbocycles. The van der Waals surface area contributed by atoms with Gasteiger partial charge in [-0.05, 0) is 85.0 Å². The van der Waals surface area contributed by atoms with Crippen molar-refractivity contribution >= 4 is 11.6 Å². The number of fused-ring (bicyclic) bond motifs is 1. The third-order valence-corrected chi connectivity index (χ3v) is 7.09. The number of aryl methyl sites for hydroxylation is 1. The van der Waals surface area contributed by atoms with Gasteiger partial charge in [0.15, 0.2) is 6.79 Å². The average molecular weight is 519 g/mol. The molecule has 0 spiro atoms. The third kappa shape index (κ3) is 6.87. The smallest absolute Gasteiger partial charge is 0.224 e. The van der Waals surface area contributed by atoms with E-state index < -0.39 is 6.50 Å². The lowest BCUT2D eigenvalue weighted by Gasteiger charge is -2.32. The zero-order chi connectivity index (χ0) is 28.7. The quantitative estimate of drug-likeness (QED) is 0.314. The molecule has 0 aliphatic heterocycles. The SMILES string of the molecule is [2H]C([2H])(C)N(Cc1ccc(CC(=O)NCC)cc1)c1cc(OC)ccc1C1CCc2cc(OCOC)ccc2C1. The van der Waals surface area contributed by atoms with Crippen LogP contribution in [0.4, 0.5) is 5.69 Å². The van der Waals surface area contributed by atoms with Gasteiger partial charge in [0, 0.05) is 41.2 Å². The Morgan fingerprint density at radius 2 is 1.76 bits per heavy atom. The van der Waals surface area contributed by atoms with Crippen LogP contribution in [0.3, 0.4) is 0 Å². The highest BCUT2D eigenvalue weighted by Gasteiger charge is 2.25. The first kappa shape index (κ1) is 24.8. The maximum atomic E-state index is 12.0. The van der Waals surface area contributed by atoms with Crippen LogP contribution in [0.2, 0.25) is 0 Å². The van der Waals surface area contributed by atoms with Crippen LogP contribution in [0, 0.1) is 0 Å². The van der Waals surface area contributed by atoms with Crippen LogP contribution in [-0.4, -0.2) is 40.0 Å². The van der Waals surface area contributed by atoms with Gasteiger partial charge in [-0.25, -0.2) is 0 Å². The summed E-state index contributed by atoms with van der Waals surface area (Å²) in [7, 11) is 3.25. The maximum Gasteiger partial charge on any atom is 0.224 e. The predicted octanol–water partition coefficient (Wildman–Crippen LogP) is 5.66. The van der Waals surface area contributed by atoms with Crippen LogP contribution in [-0.2, 0) is 35.3 Å². The van der Waals surface area contributed by atoms with Crippen molar-refractivity contribution in [3.8, 4) is 11.5 Å². The van der Waals surface area contributed by atoms with Crippen molar-refractivity contribution in [3.63, 3.8) is 0 Å². The lowest BCUT2D eigenvalue weighted by molar-refractivity contribution is -0.120. The summed E-state index contributed by atoms with van der Waals surface area (Å²) in [4.78, 5) is 13.8. The minimum atomic E-state index is -1.62. The molecule has 1 atom stereocenters. The van der Waals surface area contributed by atoms with Gasteiger partial charge in [-0.1, -0.05) is 36.4 Å². The molecule has 202 valence electrons. The van der Waals surface area contributed by atoms with Crippen LogP contribution in [0.5, 0.6) is 11.5 Å². The van der Waals surface area contributed by atoms with Crippen molar-refractivity contribution in [1.29, 1.82) is 0 Å². The highest BCUT2D eigenvalue weighted by atomic mass is 16.7. The summed E-state index contributed by atoms with van der Waals surface area (Å²) < 4.78 is 33.8. The largest absolute Gasteiger partial charge is 0.497 e. The van der Waals surface area contributed by atoms with Crippen molar-refractivity contribution in [2.24, 2.45) is 0 Å². The highest BCUT2D eigenvalue weighted by Crippen LogP contribution is 2.40. The van der Waals surface area contributed by atoms with Crippen LogP contribution < -0.4 is 19.7 Å². The van der Waals surface area contributed by atoms with Crippen molar-refractivity contribution < 1.29 is 21.7 Å². The van der Waals surface area contributed by atoms with Crippen molar-refractivity contribution in [2.75, 3.05) is 39.0 Å². The van der Waals surface area contributed by atoms with Crippen LogP contribution in [0.15, 0.2) is 60.7 Å². The number of hydrogen-bond donors (Lipinski definition) is 1. The molecule has 0 bridgehead atoms. The summed E-state index contributed by atoms with van der Waals surface area (Å²) in [6.07, 6.45) is 3.07. The summed E-state index contributed by atoms with van der Waals surface area (Å²) in [5.74, 6) is 1.74. The van der Waals surface area contributed by atoms with E-state index in [1.54, 1.807) is 21.1 Å². The molecule has 1 amide bonds. The molecule has 1 aliphatic rings. The molecule has 1 aliphatic carbocycles. The Morgan fingerprint density at radius 1 is 1.00 bits per heavy atom. The van der Waals surface area contributed by atoms with Gasteiger partial charge in [-0.15, -0.1) is 0 Å². The summed E-state index contributed by atoms with van der Waals surface area (Å²) in [6, 6.07) is 20.1. The van der Waals surface area contributed by atoms with Crippen LogP contribution in [0.25, 0.3) is 0 Å². The summed E-state index contributed by atoms with van der Waals surface area (Å²) in [5, 5.41) is 2.83. The number of anilines is 1. The van der Waals surface area contributed by atoms with Crippen LogP contribution in [0.1, 0.15) is 56.7 Å². The molecule has 1 unspecified atom stereocenters. The van der Waals surface area contributed by atoms with E-state index in [9.17, 15) is 4.79 Å². The lowest BCUT2D eigenvalue weighted by Crippen LogP contribution is -2.25. The normalized spacial score (nSPS) is 15.6. The fourth-order valence-electron chi connectivity index (χ4n) is 5.12. The number of likely N-dealkylation sites (N-methyl/N-ethyl adjacent to an activating group) is 1. The van der Waals surface area contributed by atoms with Gasteiger partial charge in [0.05, 0.1) is 13.5 Å². The number of rotatable bonds is 12. The first-order chi connectivity index (χ1) is 19.2. The van der Waals surface area contributed by atoms with E-state index >= 15 is 0 Å². The number of hydrogen-bond acceptors (Lipinski definition) is 5. The number of nitrogens with zero attached hydrogens (tertiary/aromatic N) is 1. The van der Waals surface area contributed by atoms with Gasteiger partial charge in [0.2, 0.25) is 5.91 Å². The molecule has 3 aromatic rings. The third-order valence-electron chi connectivity index (χ3n) is 7.09. The van der Waals surface area contributed by atoms with E-state index in [0.717, 1.165) is 47.4 Å². The number of methoxy groups -OCH3 is 2. The molecular weight excluding hydrogens is 476 g/mol. The monoisotopic (exact) mass is 518 g/mol. The molecule has 0 fully saturated rings. The summed E-state index contributed by atoms with van der Waals surface area (Å²) in [5.41, 5.74) is 6.43. The number of benzene rings is 3. The van der Waals surface area contributed by atoms with Gasteiger partial charge >= 0.3 is 0 Å².